The molecule has 1 aliphatic heterocycles. The van der Waals surface area contributed by atoms with E-state index in [1.54, 1.807) is 7.11 Å². The maximum Gasteiger partial charge on any atom is 0.249 e. The van der Waals surface area contributed by atoms with Gasteiger partial charge in [-0.15, -0.1) is 0 Å². The molecule has 1 aromatic carbocycles. The molecule has 128 valence electrons. The minimum atomic E-state index is -0.125. The quantitative estimate of drug-likeness (QED) is 0.859. The number of carbonyl (C=O) groups is 1. The van der Waals surface area contributed by atoms with E-state index in [2.05, 4.69) is 10.1 Å². The molecular formula is C18H23N3O3. The van der Waals surface area contributed by atoms with Crippen LogP contribution in [0.2, 0.25) is 0 Å². The van der Waals surface area contributed by atoms with Crippen LogP contribution in [0, 0.1) is 5.92 Å². The highest BCUT2D eigenvalue weighted by Gasteiger charge is 2.33. The second-order valence-electron chi connectivity index (χ2n) is 6.39. The Bertz CT molecular complexity index is 711. The minimum absolute atomic E-state index is 0.0358. The fourth-order valence-electron chi connectivity index (χ4n) is 3.03. The molecular weight excluding hydrogens is 306 g/mol. The molecule has 1 atom stereocenters. The van der Waals surface area contributed by atoms with Crippen molar-refractivity contribution in [3.05, 3.63) is 30.2 Å². The normalized spacial score (nSPS) is 18.0. The zero-order valence-corrected chi connectivity index (χ0v) is 14.4. The molecule has 0 bridgehead atoms. The first-order valence-corrected chi connectivity index (χ1v) is 8.38. The van der Waals surface area contributed by atoms with Crippen LogP contribution in [0.25, 0.3) is 11.4 Å². The molecule has 3 rings (SSSR count). The number of aromatic nitrogens is 2. The standard InChI is InChI=1S/C18H23N3O3/c1-12(2)18(22)21-10-5-4-9-15(21)17-19-16(20-24-17)13-7-6-8-14(11-13)23-3/h6-8,11-12,15H,4-5,9-10H2,1-3H3. The third-order valence-electron chi connectivity index (χ3n) is 4.33. The number of hydrogen-bond acceptors (Lipinski definition) is 5. The van der Waals surface area contributed by atoms with Crippen molar-refractivity contribution in [2.24, 2.45) is 5.92 Å². The smallest absolute Gasteiger partial charge is 0.249 e. The van der Waals surface area contributed by atoms with E-state index >= 15 is 0 Å². The molecule has 1 unspecified atom stereocenters. The van der Waals surface area contributed by atoms with E-state index in [-0.39, 0.29) is 17.9 Å². The average molecular weight is 329 g/mol. The van der Waals surface area contributed by atoms with Crippen LogP contribution < -0.4 is 4.74 Å². The predicted octanol–water partition coefficient (Wildman–Crippen LogP) is 3.45. The lowest BCUT2D eigenvalue weighted by Crippen LogP contribution is -2.40. The number of rotatable bonds is 4. The summed E-state index contributed by atoms with van der Waals surface area (Å²) in [4.78, 5) is 18.9. The van der Waals surface area contributed by atoms with Gasteiger partial charge in [0.25, 0.3) is 0 Å². The Balaban J connectivity index is 1.86. The SMILES string of the molecule is COc1cccc(-c2noc(C3CCCCN3C(=O)C(C)C)n2)c1. The summed E-state index contributed by atoms with van der Waals surface area (Å²) in [5.74, 6) is 1.88. The number of benzene rings is 1. The third-order valence-corrected chi connectivity index (χ3v) is 4.33. The van der Waals surface area contributed by atoms with E-state index < -0.39 is 0 Å². The van der Waals surface area contributed by atoms with Crippen molar-refractivity contribution in [2.45, 2.75) is 39.2 Å². The number of ether oxygens (including phenoxy) is 1. The highest BCUT2D eigenvalue weighted by Crippen LogP contribution is 2.32. The summed E-state index contributed by atoms with van der Waals surface area (Å²) in [6, 6.07) is 7.41. The summed E-state index contributed by atoms with van der Waals surface area (Å²) in [7, 11) is 1.62. The summed E-state index contributed by atoms with van der Waals surface area (Å²) < 4.78 is 10.7. The van der Waals surface area contributed by atoms with Crippen molar-refractivity contribution in [2.75, 3.05) is 13.7 Å². The van der Waals surface area contributed by atoms with Gasteiger partial charge in [-0.2, -0.15) is 4.98 Å². The van der Waals surface area contributed by atoms with Crippen LogP contribution in [0.5, 0.6) is 5.75 Å². The lowest BCUT2D eigenvalue weighted by molar-refractivity contribution is -0.139. The molecule has 2 aromatic rings. The van der Waals surface area contributed by atoms with Crippen LogP contribution in [-0.2, 0) is 4.79 Å². The van der Waals surface area contributed by atoms with Crippen LogP contribution in [0.15, 0.2) is 28.8 Å². The first-order valence-electron chi connectivity index (χ1n) is 8.38. The topological polar surface area (TPSA) is 68.5 Å². The summed E-state index contributed by atoms with van der Waals surface area (Å²) in [6.45, 7) is 4.59. The Morgan fingerprint density at radius 3 is 2.96 bits per heavy atom. The van der Waals surface area contributed by atoms with Crippen molar-refractivity contribution < 1.29 is 14.1 Å². The largest absolute Gasteiger partial charge is 0.497 e. The molecule has 1 fully saturated rings. The van der Waals surface area contributed by atoms with Gasteiger partial charge in [-0.1, -0.05) is 31.1 Å². The second kappa shape index (κ2) is 7.03. The fraction of sp³-hybridized carbons (Fsp3) is 0.500. The number of carbonyl (C=O) groups excluding carboxylic acids is 1. The van der Waals surface area contributed by atoms with Gasteiger partial charge in [0, 0.05) is 18.0 Å². The zero-order chi connectivity index (χ0) is 17.1. The molecule has 0 spiro atoms. The van der Waals surface area contributed by atoms with Crippen molar-refractivity contribution >= 4 is 5.91 Å². The Morgan fingerprint density at radius 2 is 2.21 bits per heavy atom. The Labute approximate surface area is 141 Å². The summed E-state index contributed by atoms with van der Waals surface area (Å²) in [5, 5.41) is 4.10. The van der Waals surface area contributed by atoms with E-state index in [1.807, 2.05) is 43.0 Å². The number of likely N-dealkylation sites (tertiary alicyclic amines) is 1. The molecule has 6 nitrogen and oxygen atoms in total. The first-order chi connectivity index (χ1) is 11.6. The molecule has 1 saturated heterocycles. The maximum absolute atomic E-state index is 12.5. The Morgan fingerprint density at radius 1 is 1.38 bits per heavy atom. The number of nitrogens with zero attached hydrogens (tertiary/aromatic N) is 3. The third kappa shape index (κ3) is 3.27. The first kappa shape index (κ1) is 16.5. The van der Waals surface area contributed by atoms with Gasteiger partial charge in [0.05, 0.1) is 7.11 Å². The minimum Gasteiger partial charge on any atom is -0.497 e. The van der Waals surface area contributed by atoms with Crippen molar-refractivity contribution in [3.63, 3.8) is 0 Å². The summed E-state index contributed by atoms with van der Waals surface area (Å²) >= 11 is 0. The molecule has 6 heteroatoms. The molecule has 2 heterocycles. The highest BCUT2D eigenvalue weighted by atomic mass is 16.5. The molecule has 1 amide bonds. The van der Waals surface area contributed by atoms with Crippen LogP contribution in [0.3, 0.4) is 0 Å². The van der Waals surface area contributed by atoms with Crippen LogP contribution in [0.4, 0.5) is 0 Å². The highest BCUT2D eigenvalue weighted by molar-refractivity contribution is 5.78. The maximum atomic E-state index is 12.5. The number of piperidine rings is 1. The zero-order valence-electron chi connectivity index (χ0n) is 14.4. The van der Waals surface area contributed by atoms with Crippen LogP contribution in [-0.4, -0.2) is 34.6 Å². The number of methoxy groups -OCH3 is 1. The molecule has 0 radical (unpaired) electrons. The van der Waals surface area contributed by atoms with E-state index in [9.17, 15) is 4.79 Å². The molecule has 24 heavy (non-hydrogen) atoms. The fourth-order valence-corrected chi connectivity index (χ4v) is 3.03. The average Bonchev–Trinajstić information content (AvgIpc) is 3.11. The lowest BCUT2D eigenvalue weighted by Gasteiger charge is -2.34. The number of amides is 1. The Kier molecular flexibility index (Phi) is 4.83. The molecule has 0 aliphatic carbocycles. The van der Waals surface area contributed by atoms with Crippen molar-refractivity contribution in [3.8, 4) is 17.1 Å². The van der Waals surface area contributed by atoms with Gasteiger partial charge in [0.2, 0.25) is 17.6 Å². The van der Waals surface area contributed by atoms with Gasteiger partial charge in [0.15, 0.2) is 0 Å². The van der Waals surface area contributed by atoms with E-state index in [0.29, 0.717) is 11.7 Å². The summed E-state index contributed by atoms with van der Waals surface area (Å²) in [5.41, 5.74) is 0.835. The van der Waals surface area contributed by atoms with Gasteiger partial charge in [0.1, 0.15) is 11.8 Å². The van der Waals surface area contributed by atoms with E-state index in [4.69, 9.17) is 9.26 Å². The number of hydrogen-bond donors (Lipinski definition) is 0. The monoisotopic (exact) mass is 329 g/mol. The predicted molar refractivity (Wildman–Crippen MR) is 89.4 cm³/mol. The lowest BCUT2D eigenvalue weighted by atomic mass is 10.00. The van der Waals surface area contributed by atoms with Crippen molar-refractivity contribution in [1.29, 1.82) is 0 Å². The van der Waals surface area contributed by atoms with Gasteiger partial charge in [-0.3, -0.25) is 4.79 Å². The van der Waals surface area contributed by atoms with Crippen LogP contribution >= 0.6 is 0 Å². The molecule has 0 saturated carbocycles. The summed E-state index contributed by atoms with van der Waals surface area (Å²) in [6.07, 6.45) is 2.94. The van der Waals surface area contributed by atoms with E-state index in [0.717, 1.165) is 37.1 Å². The molecule has 0 N–H and O–H groups in total. The van der Waals surface area contributed by atoms with Gasteiger partial charge in [-0.25, -0.2) is 0 Å². The van der Waals surface area contributed by atoms with Crippen LogP contribution in [0.1, 0.15) is 45.0 Å². The second-order valence-corrected chi connectivity index (χ2v) is 6.39. The molecule has 1 aromatic heterocycles. The van der Waals surface area contributed by atoms with Gasteiger partial charge < -0.3 is 14.2 Å². The van der Waals surface area contributed by atoms with Gasteiger partial charge >= 0.3 is 0 Å². The van der Waals surface area contributed by atoms with Gasteiger partial charge in [-0.05, 0) is 31.4 Å². The van der Waals surface area contributed by atoms with Crippen molar-refractivity contribution in [1.82, 2.24) is 15.0 Å². The molecule has 1 aliphatic rings. The Hall–Kier alpha value is -2.37. The van der Waals surface area contributed by atoms with E-state index in [1.165, 1.54) is 0 Å².